The Morgan fingerprint density at radius 1 is 1.08 bits per heavy atom. The van der Waals surface area contributed by atoms with E-state index in [9.17, 15) is 14.9 Å². The van der Waals surface area contributed by atoms with Gasteiger partial charge in [-0.05, 0) is 56.2 Å². The molecule has 2 rings (SSSR count). The van der Waals surface area contributed by atoms with E-state index >= 15 is 0 Å². The Bertz CT molecular complexity index is 781. The van der Waals surface area contributed by atoms with Gasteiger partial charge >= 0.3 is 5.97 Å². The van der Waals surface area contributed by atoms with Gasteiger partial charge in [0.1, 0.15) is 11.5 Å². The zero-order valence-corrected chi connectivity index (χ0v) is 14.2. The number of hydrogen-bond acceptors (Lipinski definition) is 5. The summed E-state index contributed by atoms with van der Waals surface area (Å²) in [5, 5.41) is 11.4. The first-order valence-electron chi connectivity index (χ1n) is 7.13. The molecular formula is C17H16ClNO5. The highest BCUT2D eigenvalue weighted by atomic mass is 35.5. The van der Waals surface area contributed by atoms with E-state index < -0.39 is 10.9 Å². The maximum Gasteiger partial charge on any atom is 0.349 e. The molecule has 0 aliphatic carbocycles. The molecule has 0 bridgehead atoms. The molecule has 2 aromatic rings. The van der Waals surface area contributed by atoms with Crippen LogP contribution in [0.4, 0.5) is 5.69 Å². The average molecular weight is 350 g/mol. The number of benzene rings is 2. The van der Waals surface area contributed by atoms with Gasteiger partial charge in [0.2, 0.25) is 0 Å². The highest BCUT2D eigenvalue weighted by molar-refractivity contribution is 6.32. The number of hydrogen-bond donors (Lipinski definition) is 0. The summed E-state index contributed by atoms with van der Waals surface area (Å²) in [5.74, 6) is 0.175. The van der Waals surface area contributed by atoms with E-state index in [1.807, 2.05) is 13.8 Å². The number of esters is 1. The molecule has 0 amide bonds. The van der Waals surface area contributed by atoms with Crippen LogP contribution in [0.1, 0.15) is 16.7 Å². The fourth-order valence-electron chi connectivity index (χ4n) is 2.19. The number of carbonyl (C=O) groups excluding carboxylic acids is 1. The van der Waals surface area contributed by atoms with E-state index in [-0.39, 0.29) is 12.3 Å². The van der Waals surface area contributed by atoms with E-state index in [0.717, 1.165) is 11.1 Å². The predicted molar refractivity (Wildman–Crippen MR) is 89.9 cm³/mol. The van der Waals surface area contributed by atoms with Gasteiger partial charge in [0, 0.05) is 16.7 Å². The van der Waals surface area contributed by atoms with Crippen LogP contribution >= 0.6 is 11.6 Å². The average Bonchev–Trinajstić information content (AvgIpc) is 2.50. The van der Waals surface area contributed by atoms with Gasteiger partial charge in [-0.1, -0.05) is 11.6 Å². The van der Waals surface area contributed by atoms with Gasteiger partial charge in [-0.2, -0.15) is 0 Å². The normalized spacial score (nSPS) is 10.3. The molecule has 0 aliphatic rings. The number of rotatable bonds is 5. The summed E-state index contributed by atoms with van der Waals surface area (Å²) in [4.78, 5) is 22.2. The van der Waals surface area contributed by atoms with E-state index in [1.54, 1.807) is 19.1 Å². The van der Waals surface area contributed by atoms with Gasteiger partial charge in [-0.3, -0.25) is 10.1 Å². The topological polar surface area (TPSA) is 78.7 Å². The van der Waals surface area contributed by atoms with Crippen molar-refractivity contribution in [1.82, 2.24) is 0 Å². The van der Waals surface area contributed by atoms with Crippen LogP contribution in [-0.2, 0) is 4.79 Å². The van der Waals surface area contributed by atoms with E-state index in [1.165, 1.54) is 18.2 Å². The Labute approximate surface area is 144 Å². The Balaban J connectivity index is 1.99. The molecule has 7 heteroatoms. The van der Waals surface area contributed by atoms with Crippen molar-refractivity contribution in [2.24, 2.45) is 0 Å². The van der Waals surface area contributed by atoms with Crippen LogP contribution in [0.3, 0.4) is 0 Å². The van der Waals surface area contributed by atoms with Crippen LogP contribution in [0.2, 0.25) is 5.02 Å². The summed E-state index contributed by atoms with van der Waals surface area (Å²) in [7, 11) is 0. The zero-order chi connectivity index (χ0) is 17.9. The van der Waals surface area contributed by atoms with Crippen LogP contribution in [0, 0.1) is 30.9 Å². The number of halogens is 1. The highest BCUT2D eigenvalue weighted by Gasteiger charge is 2.13. The maximum atomic E-state index is 11.9. The lowest BCUT2D eigenvalue weighted by atomic mass is 10.1. The smallest absolute Gasteiger partial charge is 0.349 e. The van der Waals surface area contributed by atoms with Crippen molar-refractivity contribution >= 4 is 23.3 Å². The third kappa shape index (κ3) is 4.23. The Morgan fingerprint density at radius 2 is 1.67 bits per heavy atom. The van der Waals surface area contributed by atoms with Crippen LogP contribution in [-0.4, -0.2) is 17.5 Å². The predicted octanol–water partition coefficient (Wildman–Crippen LogP) is 4.16. The molecule has 0 saturated carbocycles. The molecule has 0 fully saturated rings. The third-order valence-corrected chi connectivity index (χ3v) is 3.96. The Kier molecular flexibility index (Phi) is 5.41. The number of carbonyl (C=O) groups is 1. The fraction of sp³-hybridized carbons (Fsp3) is 0.235. The van der Waals surface area contributed by atoms with Crippen LogP contribution in [0.25, 0.3) is 0 Å². The summed E-state index contributed by atoms with van der Waals surface area (Å²) in [6.07, 6.45) is 0. The van der Waals surface area contributed by atoms with Crippen molar-refractivity contribution < 1.29 is 19.2 Å². The summed E-state index contributed by atoms with van der Waals surface area (Å²) >= 11 is 6.06. The lowest BCUT2D eigenvalue weighted by Gasteiger charge is -2.10. The summed E-state index contributed by atoms with van der Waals surface area (Å²) in [5.41, 5.74) is 2.07. The molecule has 0 aliphatic heterocycles. The molecule has 6 nitrogen and oxygen atoms in total. The van der Waals surface area contributed by atoms with Gasteiger partial charge in [-0.25, -0.2) is 4.79 Å². The second-order valence-electron chi connectivity index (χ2n) is 5.34. The Hall–Kier alpha value is -2.60. The zero-order valence-electron chi connectivity index (χ0n) is 13.5. The fourth-order valence-corrected chi connectivity index (χ4v) is 2.30. The second kappa shape index (κ2) is 7.31. The van der Waals surface area contributed by atoms with Gasteiger partial charge in [0.05, 0.1) is 4.92 Å². The molecule has 0 unspecified atom stereocenters. The molecule has 0 saturated heterocycles. The molecule has 126 valence electrons. The van der Waals surface area contributed by atoms with Gasteiger partial charge < -0.3 is 9.47 Å². The number of aryl methyl sites for hydroxylation is 3. The molecular weight excluding hydrogens is 334 g/mol. The molecule has 0 radical (unpaired) electrons. The first kappa shape index (κ1) is 17.7. The summed E-state index contributed by atoms with van der Waals surface area (Å²) in [6, 6.07) is 7.62. The van der Waals surface area contributed by atoms with Crippen molar-refractivity contribution in [3.63, 3.8) is 0 Å². The minimum absolute atomic E-state index is 0.00274. The molecule has 2 aromatic carbocycles. The lowest BCUT2D eigenvalue weighted by Crippen LogP contribution is -2.17. The molecule has 24 heavy (non-hydrogen) atoms. The molecule has 0 atom stereocenters. The van der Waals surface area contributed by atoms with E-state index in [2.05, 4.69) is 0 Å². The van der Waals surface area contributed by atoms with Crippen molar-refractivity contribution in [2.45, 2.75) is 20.8 Å². The van der Waals surface area contributed by atoms with Crippen LogP contribution < -0.4 is 9.47 Å². The van der Waals surface area contributed by atoms with E-state index in [4.69, 9.17) is 21.1 Å². The minimum Gasteiger partial charge on any atom is -0.482 e. The van der Waals surface area contributed by atoms with Crippen molar-refractivity contribution in [3.05, 3.63) is 62.2 Å². The van der Waals surface area contributed by atoms with Crippen molar-refractivity contribution in [2.75, 3.05) is 6.61 Å². The second-order valence-corrected chi connectivity index (χ2v) is 5.72. The van der Waals surface area contributed by atoms with Crippen molar-refractivity contribution in [3.8, 4) is 11.5 Å². The maximum absolute atomic E-state index is 11.9. The van der Waals surface area contributed by atoms with Crippen LogP contribution in [0.5, 0.6) is 11.5 Å². The number of nitro benzene ring substituents is 1. The summed E-state index contributed by atoms with van der Waals surface area (Å²) < 4.78 is 10.5. The minimum atomic E-state index is -0.577. The lowest BCUT2D eigenvalue weighted by molar-refractivity contribution is -0.385. The highest BCUT2D eigenvalue weighted by Crippen LogP contribution is 2.26. The van der Waals surface area contributed by atoms with E-state index in [0.29, 0.717) is 22.1 Å². The SMILES string of the molecule is Cc1cc(OCC(=O)Oc2cc(C)c(Cl)c(C)c2)ccc1[N+](=O)[O-]. The van der Waals surface area contributed by atoms with Gasteiger partial charge in [-0.15, -0.1) is 0 Å². The first-order chi connectivity index (χ1) is 11.3. The third-order valence-electron chi connectivity index (χ3n) is 3.36. The molecule has 0 heterocycles. The Morgan fingerprint density at radius 3 is 2.21 bits per heavy atom. The first-order valence-corrected chi connectivity index (χ1v) is 7.51. The monoisotopic (exact) mass is 349 g/mol. The van der Waals surface area contributed by atoms with Crippen molar-refractivity contribution in [1.29, 1.82) is 0 Å². The standard InChI is InChI=1S/C17H16ClNO5/c1-10-6-13(4-5-15(10)19(21)22)23-9-16(20)24-14-7-11(2)17(18)12(3)8-14/h4-8H,9H2,1-3H3. The van der Waals surface area contributed by atoms with Gasteiger partial charge in [0.25, 0.3) is 5.69 Å². The quantitative estimate of drug-likeness (QED) is 0.350. The molecule has 0 N–H and O–H groups in total. The summed E-state index contributed by atoms with van der Waals surface area (Å²) in [6.45, 7) is 4.94. The van der Waals surface area contributed by atoms with Crippen LogP contribution in [0.15, 0.2) is 30.3 Å². The largest absolute Gasteiger partial charge is 0.482 e. The number of ether oxygens (including phenoxy) is 2. The number of nitrogens with zero attached hydrogens (tertiary/aromatic N) is 1. The number of nitro groups is 1. The van der Waals surface area contributed by atoms with Gasteiger partial charge in [0.15, 0.2) is 6.61 Å². The molecule has 0 spiro atoms. The molecule has 0 aromatic heterocycles.